The van der Waals surface area contributed by atoms with Crippen molar-refractivity contribution in [3.05, 3.63) is 59.8 Å². The number of carboxylic acid groups (broad SMARTS) is 1. The molecule has 10 heteroatoms. The van der Waals surface area contributed by atoms with Crippen LogP contribution in [0.4, 0.5) is 13.2 Å². The average Bonchev–Trinajstić information content (AvgIpc) is 3.38. The van der Waals surface area contributed by atoms with Crippen LogP contribution < -0.4 is 34.7 Å². The smallest absolute Gasteiger partial charge is 0.550 e. The van der Waals surface area contributed by atoms with E-state index in [0.717, 1.165) is 17.0 Å². The van der Waals surface area contributed by atoms with Gasteiger partial charge in [0.1, 0.15) is 0 Å². The molecule has 0 saturated carbocycles. The summed E-state index contributed by atoms with van der Waals surface area (Å²) in [6, 6.07) is 11.2. The fourth-order valence-electron chi connectivity index (χ4n) is 3.87. The zero-order valence-electron chi connectivity index (χ0n) is 19.0. The summed E-state index contributed by atoms with van der Waals surface area (Å²) in [7, 11) is 0. The molecular formula is C24H21F3N3NaO3. The minimum atomic E-state index is -4.50. The molecular weight excluding hydrogens is 458 g/mol. The monoisotopic (exact) mass is 479 g/mol. The van der Waals surface area contributed by atoms with Crippen LogP contribution in [0.3, 0.4) is 0 Å². The van der Waals surface area contributed by atoms with E-state index in [4.69, 9.17) is 4.52 Å². The van der Waals surface area contributed by atoms with Crippen molar-refractivity contribution in [2.75, 3.05) is 0 Å². The van der Waals surface area contributed by atoms with Crippen molar-refractivity contribution in [2.24, 2.45) is 5.92 Å². The Morgan fingerprint density at radius 1 is 1.18 bits per heavy atom. The molecule has 0 atom stereocenters. The molecule has 172 valence electrons. The molecule has 4 rings (SSSR count). The molecule has 0 aliphatic heterocycles. The number of carbonyl (C=O) groups excluding carboxylic acids is 1. The van der Waals surface area contributed by atoms with Gasteiger partial charge in [0, 0.05) is 47.2 Å². The van der Waals surface area contributed by atoms with Gasteiger partial charge < -0.3 is 19.0 Å². The number of benzene rings is 2. The SMILES string of the molecule is CC(C)Cc1ccc(-c2nc(-c3cccc4c3ccn4CCC(=O)[O-])no2)cc1C(F)(F)F.[Na+]. The van der Waals surface area contributed by atoms with Crippen LogP contribution >= 0.6 is 0 Å². The van der Waals surface area contributed by atoms with Gasteiger partial charge in [0.25, 0.3) is 5.89 Å². The maximum atomic E-state index is 13.6. The molecule has 6 nitrogen and oxygen atoms in total. The predicted octanol–water partition coefficient (Wildman–Crippen LogP) is 1.72. The Labute approximate surface area is 216 Å². The number of carbonyl (C=O) groups is 1. The maximum Gasteiger partial charge on any atom is 1.00 e. The third-order valence-corrected chi connectivity index (χ3v) is 5.33. The van der Waals surface area contributed by atoms with Crippen LogP contribution in [0, 0.1) is 5.92 Å². The van der Waals surface area contributed by atoms with E-state index in [2.05, 4.69) is 10.1 Å². The van der Waals surface area contributed by atoms with E-state index in [1.807, 2.05) is 19.9 Å². The van der Waals surface area contributed by atoms with Crippen LogP contribution in [0.15, 0.2) is 53.2 Å². The van der Waals surface area contributed by atoms with Gasteiger partial charge in [-0.3, -0.25) is 0 Å². The van der Waals surface area contributed by atoms with Crippen LogP contribution in [0.1, 0.15) is 31.4 Å². The van der Waals surface area contributed by atoms with Crippen LogP contribution in [-0.4, -0.2) is 20.7 Å². The average molecular weight is 479 g/mol. The summed E-state index contributed by atoms with van der Waals surface area (Å²) in [5, 5.41) is 15.5. The van der Waals surface area contributed by atoms with Gasteiger partial charge in [0.2, 0.25) is 5.82 Å². The first kappa shape index (κ1) is 26.0. The van der Waals surface area contributed by atoms with Gasteiger partial charge in [0.15, 0.2) is 0 Å². The van der Waals surface area contributed by atoms with E-state index in [-0.39, 0.29) is 71.3 Å². The van der Waals surface area contributed by atoms with Crippen LogP contribution in [0.5, 0.6) is 0 Å². The Bertz CT molecular complexity index is 1310. The van der Waals surface area contributed by atoms with E-state index in [1.54, 1.807) is 35.0 Å². The van der Waals surface area contributed by atoms with Gasteiger partial charge in [-0.1, -0.05) is 37.2 Å². The summed E-state index contributed by atoms with van der Waals surface area (Å²) in [5.41, 5.74) is 1.11. The first-order chi connectivity index (χ1) is 15.6. The number of aromatic nitrogens is 3. The largest absolute Gasteiger partial charge is 1.00 e. The first-order valence-corrected chi connectivity index (χ1v) is 10.5. The number of fused-ring (bicyclic) bond motifs is 1. The minimum absolute atomic E-state index is 0. The second kappa shape index (κ2) is 10.3. The Morgan fingerprint density at radius 3 is 2.62 bits per heavy atom. The number of carboxylic acids is 1. The normalized spacial score (nSPS) is 11.7. The van der Waals surface area contributed by atoms with E-state index >= 15 is 0 Å². The summed E-state index contributed by atoms with van der Waals surface area (Å²) in [6.45, 7) is 3.98. The van der Waals surface area contributed by atoms with Crippen molar-refractivity contribution in [1.29, 1.82) is 0 Å². The van der Waals surface area contributed by atoms with Crippen LogP contribution in [0.25, 0.3) is 33.7 Å². The number of hydrogen-bond donors (Lipinski definition) is 0. The van der Waals surface area contributed by atoms with Crippen LogP contribution in [0.2, 0.25) is 0 Å². The van der Waals surface area contributed by atoms with Gasteiger partial charge in [-0.2, -0.15) is 18.2 Å². The van der Waals surface area contributed by atoms with Crippen molar-refractivity contribution in [3.8, 4) is 22.8 Å². The summed E-state index contributed by atoms with van der Waals surface area (Å²) >= 11 is 0. The Kier molecular flexibility index (Phi) is 7.90. The molecule has 34 heavy (non-hydrogen) atoms. The summed E-state index contributed by atoms with van der Waals surface area (Å²) < 4.78 is 48.0. The maximum absolute atomic E-state index is 13.6. The molecule has 0 amide bonds. The number of hydrogen-bond acceptors (Lipinski definition) is 5. The third-order valence-electron chi connectivity index (χ3n) is 5.33. The zero-order chi connectivity index (χ0) is 23.8. The van der Waals surface area contributed by atoms with Crippen molar-refractivity contribution < 1.29 is 57.2 Å². The van der Waals surface area contributed by atoms with Gasteiger partial charge in [-0.05, 0) is 42.2 Å². The number of halogens is 3. The Morgan fingerprint density at radius 2 is 1.94 bits per heavy atom. The molecule has 0 N–H and O–H groups in total. The van der Waals surface area contributed by atoms with Gasteiger partial charge >= 0.3 is 35.7 Å². The number of rotatable bonds is 7. The van der Waals surface area contributed by atoms with Crippen molar-refractivity contribution in [1.82, 2.24) is 14.7 Å². The molecule has 0 radical (unpaired) electrons. The molecule has 0 aliphatic carbocycles. The molecule has 0 spiro atoms. The Balaban J connectivity index is 0.00000324. The standard InChI is InChI=1S/C24H22F3N3O3.Na/c1-14(2)12-15-6-7-16(13-19(15)24(25,26)27)23-28-22(29-33-23)18-4-3-5-20-17(18)8-10-30(20)11-9-21(31)32;/h3-8,10,13-14H,9,11-12H2,1-2H3,(H,31,32);/q;+1/p-1. The van der Waals surface area contributed by atoms with Gasteiger partial charge in [0.05, 0.1) is 5.56 Å². The fraction of sp³-hybridized carbons (Fsp3) is 0.292. The van der Waals surface area contributed by atoms with Crippen molar-refractivity contribution in [3.63, 3.8) is 0 Å². The van der Waals surface area contributed by atoms with Gasteiger partial charge in [-0.15, -0.1) is 0 Å². The molecule has 0 aliphatic rings. The number of aryl methyl sites for hydroxylation is 1. The fourth-order valence-corrected chi connectivity index (χ4v) is 3.87. The molecule has 0 bridgehead atoms. The second-order valence-electron chi connectivity index (χ2n) is 8.26. The molecule has 2 aromatic carbocycles. The summed E-state index contributed by atoms with van der Waals surface area (Å²) in [5.74, 6) is -0.854. The first-order valence-electron chi connectivity index (χ1n) is 10.5. The number of nitrogens with zero attached hydrogens (tertiary/aromatic N) is 3. The van der Waals surface area contributed by atoms with Gasteiger partial charge in [-0.25, -0.2) is 0 Å². The molecule has 0 saturated heterocycles. The third kappa shape index (κ3) is 5.54. The van der Waals surface area contributed by atoms with E-state index < -0.39 is 17.7 Å². The molecule has 4 aromatic rings. The zero-order valence-corrected chi connectivity index (χ0v) is 21.0. The molecule has 2 heterocycles. The quantitative estimate of drug-likeness (QED) is 0.377. The topological polar surface area (TPSA) is 84.0 Å². The molecule has 0 fully saturated rings. The van der Waals surface area contributed by atoms with E-state index in [9.17, 15) is 23.1 Å². The van der Waals surface area contributed by atoms with Crippen molar-refractivity contribution >= 4 is 16.9 Å². The molecule has 2 aromatic heterocycles. The van der Waals surface area contributed by atoms with E-state index in [0.29, 0.717) is 12.0 Å². The summed E-state index contributed by atoms with van der Waals surface area (Å²) in [6.07, 6.45) is -2.57. The summed E-state index contributed by atoms with van der Waals surface area (Å²) in [4.78, 5) is 15.1. The van der Waals surface area contributed by atoms with Crippen molar-refractivity contribution in [2.45, 2.75) is 39.4 Å². The number of aliphatic carboxylic acids is 1. The Hall–Kier alpha value is -2.62. The minimum Gasteiger partial charge on any atom is -0.550 e. The van der Waals surface area contributed by atoms with E-state index in [1.165, 1.54) is 6.07 Å². The number of alkyl halides is 3. The predicted molar refractivity (Wildman–Crippen MR) is 114 cm³/mol. The molecule has 0 unspecified atom stereocenters. The van der Waals surface area contributed by atoms with Crippen LogP contribution in [-0.2, 0) is 23.9 Å². The second-order valence-corrected chi connectivity index (χ2v) is 8.26.